The van der Waals surface area contributed by atoms with Crippen molar-refractivity contribution in [2.75, 3.05) is 19.5 Å². The van der Waals surface area contributed by atoms with Crippen LogP contribution in [0.3, 0.4) is 0 Å². The van der Waals surface area contributed by atoms with Crippen molar-refractivity contribution in [2.45, 2.75) is 0 Å². The van der Waals surface area contributed by atoms with E-state index in [9.17, 15) is 14.0 Å². The van der Waals surface area contributed by atoms with E-state index in [2.05, 4.69) is 10.1 Å². The summed E-state index contributed by atoms with van der Waals surface area (Å²) in [7, 11) is 2.39. The maximum atomic E-state index is 13.4. The number of hydrogen-bond donors (Lipinski definition) is 1. The fourth-order valence-corrected chi connectivity index (χ4v) is 1.24. The third kappa shape index (κ3) is 2.10. The van der Waals surface area contributed by atoms with Gasteiger partial charge in [-0.2, -0.15) is 0 Å². The second-order valence-corrected chi connectivity index (χ2v) is 2.76. The van der Waals surface area contributed by atoms with E-state index in [0.717, 1.165) is 13.2 Å². The fourth-order valence-electron chi connectivity index (χ4n) is 1.24. The molecule has 0 spiro atoms. The Morgan fingerprint density at radius 3 is 2.62 bits per heavy atom. The molecule has 0 unspecified atom stereocenters. The van der Waals surface area contributed by atoms with Gasteiger partial charge in [-0.3, -0.25) is 4.79 Å². The summed E-state index contributed by atoms with van der Waals surface area (Å²) in [6.45, 7) is 0. The molecule has 0 fully saturated rings. The SMILES string of the molecule is COC(=O)c1c(F)ccc(NC=O)c1OC. The normalized spacial score (nSPS) is 9.44. The second-order valence-electron chi connectivity index (χ2n) is 2.76. The topological polar surface area (TPSA) is 64.6 Å². The lowest BCUT2D eigenvalue weighted by Crippen LogP contribution is -2.09. The fraction of sp³-hybridized carbons (Fsp3) is 0.200. The largest absolute Gasteiger partial charge is 0.494 e. The number of halogens is 1. The first-order valence-corrected chi connectivity index (χ1v) is 4.30. The molecule has 16 heavy (non-hydrogen) atoms. The van der Waals surface area contributed by atoms with Gasteiger partial charge >= 0.3 is 5.97 Å². The van der Waals surface area contributed by atoms with Gasteiger partial charge in [0, 0.05) is 0 Å². The average Bonchev–Trinajstić information content (AvgIpc) is 2.30. The van der Waals surface area contributed by atoms with Gasteiger partial charge in [0.25, 0.3) is 0 Å². The number of esters is 1. The van der Waals surface area contributed by atoms with Crippen LogP contribution in [0, 0.1) is 5.82 Å². The Balaban J connectivity index is 3.37. The van der Waals surface area contributed by atoms with E-state index in [1.807, 2.05) is 0 Å². The molecule has 0 aliphatic heterocycles. The van der Waals surface area contributed by atoms with Crippen LogP contribution in [0.1, 0.15) is 10.4 Å². The molecule has 0 atom stereocenters. The third-order valence-corrected chi connectivity index (χ3v) is 1.91. The van der Waals surface area contributed by atoms with Crippen LogP contribution in [-0.2, 0) is 9.53 Å². The highest BCUT2D eigenvalue weighted by Gasteiger charge is 2.21. The predicted octanol–water partition coefficient (Wildman–Crippen LogP) is 1.19. The standard InChI is InChI=1S/C10H10FNO4/c1-15-9-7(12-5-13)4-3-6(11)8(9)10(14)16-2/h3-5H,1-2H3,(H,12,13). The van der Waals surface area contributed by atoms with E-state index in [0.29, 0.717) is 6.41 Å². The van der Waals surface area contributed by atoms with Crippen LogP contribution in [0.15, 0.2) is 12.1 Å². The minimum atomic E-state index is -0.871. The Hall–Kier alpha value is -2.11. The number of amides is 1. The molecule has 0 aromatic heterocycles. The van der Waals surface area contributed by atoms with Crippen LogP contribution in [0.25, 0.3) is 0 Å². The molecule has 0 aliphatic rings. The molecule has 6 heteroatoms. The van der Waals surface area contributed by atoms with Crippen LogP contribution in [0.5, 0.6) is 5.75 Å². The smallest absolute Gasteiger partial charge is 0.344 e. The first kappa shape index (κ1) is 12.0. The highest BCUT2D eigenvalue weighted by molar-refractivity contribution is 5.96. The molecular formula is C10H10FNO4. The van der Waals surface area contributed by atoms with Crippen molar-refractivity contribution in [1.29, 1.82) is 0 Å². The Morgan fingerprint density at radius 1 is 1.44 bits per heavy atom. The molecule has 5 nitrogen and oxygen atoms in total. The molecular weight excluding hydrogens is 217 g/mol. The van der Waals surface area contributed by atoms with Gasteiger partial charge in [0.2, 0.25) is 6.41 Å². The number of anilines is 1. The van der Waals surface area contributed by atoms with E-state index >= 15 is 0 Å². The number of nitrogens with one attached hydrogen (secondary N) is 1. The number of rotatable bonds is 4. The predicted molar refractivity (Wildman–Crippen MR) is 54.0 cm³/mol. The number of carbonyl (C=O) groups excluding carboxylic acids is 2. The van der Waals surface area contributed by atoms with E-state index < -0.39 is 11.8 Å². The van der Waals surface area contributed by atoms with Crippen LogP contribution < -0.4 is 10.1 Å². The zero-order valence-corrected chi connectivity index (χ0v) is 8.74. The molecule has 0 radical (unpaired) electrons. The van der Waals surface area contributed by atoms with E-state index in [-0.39, 0.29) is 17.0 Å². The Bertz CT molecular complexity index is 420. The summed E-state index contributed by atoms with van der Waals surface area (Å²) >= 11 is 0. The average molecular weight is 227 g/mol. The van der Waals surface area contributed by atoms with Crippen molar-refractivity contribution in [2.24, 2.45) is 0 Å². The van der Waals surface area contributed by atoms with Gasteiger partial charge in [-0.25, -0.2) is 9.18 Å². The summed E-state index contributed by atoms with van der Waals surface area (Å²) in [5.74, 6) is -1.72. The lowest BCUT2D eigenvalue weighted by Gasteiger charge is -2.11. The molecule has 1 aromatic carbocycles. The number of carbonyl (C=O) groups is 2. The minimum Gasteiger partial charge on any atom is -0.494 e. The van der Waals surface area contributed by atoms with E-state index in [1.165, 1.54) is 13.2 Å². The van der Waals surface area contributed by atoms with Crippen LogP contribution in [0.4, 0.5) is 10.1 Å². The van der Waals surface area contributed by atoms with Gasteiger partial charge < -0.3 is 14.8 Å². The number of methoxy groups -OCH3 is 2. The molecule has 0 heterocycles. The second kappa shape index (κ2) is 5.11. The summed E-state index contributed by atoms with van der Waals surface area (Å²) in [6, 6.07) is 2.33. The molecule has 0 saturated carbocycles. The van der Waals surface area contributed by atoms with E-state index in [4.69, 9.17) is 4.74 Å². The van der Waals surface area contributed by atoms with Gasteiger partial charge in [0.1, 0.15) is 11.4 Å². The molecule has 1 amide bonds. The van der Waals surface area contributed by atoms with Crippen LogP contribution in [0.2, 0.25) is 0 Å². The molecule has 0 aliphatic carbocycles. The first-order valence-electron chi connectivity index (χ1n) is 4.30. The Morgan fingerprint density at radius 2 is 2.12 bits per heavy atom. The third-order valence-electron chi connectivity index (χ3n) is 1.91. The molecule has 86 valence electrons. The number of hydrogen-bond acceptors (Lipinski definition) is 4. The van der Waals surface area contributed by atoms with E-state index in [1.54, 1.807) is 0 Å². The summed E-state index contributed by atoms with van der Waals surface area (Å²) in [5, 5.41) is 2.29. The van der Waals surface area contributed by atoms with Crippen LogP contribution >= 0.6 is 0 Å². The lowest BCUT2D eigenvalue weighted by molar-refractivity contribution is -0.105. The Kier molecular flexibility index (Phi) is 3.82. The zero-order chi connectivity index (χ0) is 12.1. The highest BCUT2D eigenvalue weighted by atomic mass is 19.1. The minimum absolute atomic E-state index is 0.0704. The van der Waals surface area contributed by atoms with Gasteiger partial charge in [-0.15, -0.1) is 0 Å². The summed E-state index contributed by atoms with van der Waals surface area (Å²) in [4.78, 5) is 21.6. The number of ether oxygens (including phenoxy) is 2. The first-order chi connectivity index (χ1) is 7.65. The highest BCUT2D eigenvalue weighted by Crippen LogP contribution is 2.31. The van der Waals surface area contributed by atoms with Crippen molar-refractivity contribution >= 4 is 18.1 Å². The lowest BCUT2D eigenvalue weighted by atomic mass is 10.1. The van der Waals surface area contributed by atoms with Crippen molar-refractivity contribution < 1.29 is 23.5 Å². The Labute approximate surface area is 91.2 Å². The monoisotopic (exact) mass is 227 g/mol. The van der Waals surface area contributed by atoms with Gasteiger partial charge in [-0.05, 0) is 12.1 Å². The van der Waals surface area contributed by atoms with Crippen molar-refractivity contribution in [1.82, 2.24) is 0 Å². The maximum Gasteiger partial charge on any atom is 0.344 e. The zero-order valence-electron chi connectivity index (χ0n) is 8.74. The van der Waals surface area contributed by atoms with Crippen molar-refractivity contribution in [3.8, 4) is 5.75 Å². The van der Waals surface area contributed by atoms with Gasteiger partial charge in [0.05, 0.1) is 19.9 Å². The molecule has 0 saturated heterocycles. The summed E-state index contributed by atoms with van der Waals surface area (Å²) in [6.07, 6.45) is 0.400. The summed E-state index contributed by atoms with van der Waals surface area (Å²) in [5.41, 5.74) is -0.156. The number of benzene rings is 1. The molecule has 1 aromatic rings. The van der Waals surface area contributed by atoms with Crippen molar-refractivity contribution in [3.05, 3.63) is 23.5 Å². The molecule has 1 N–H and O–H groups in total. The van der Waals surface area contributed by atoms with Crippen molar-refractivity contribution in [3.63, 3.8) is 0 Å². The quantitative estimate of drug-likeness (QED) is 0.619. The van der Waals surface area contributed by atoms with Crippen LogP contribution in [-0.4, -0.2) is 26.6 Å². The van der Waals surface area contributed by atoms with Gasteiger partial charge in [0.15, 0.2) is 5.75 Å². The molecule has 0 bridgehead atoms. The summed E-state index contributed by atoms with van der Waals surface area (Å²) < 4.78 is 22.7. The molecule has 1 rings (SSSR count). The maximum absolute atomic E-state index is 13.4. The van der Waals surface area contributed by atoms with Gasteiger partial charge in [-0.1, -0.05) is 0 Å².